The number of nitrogens with zero attached hydrogens (tertiary/aromatic N) is 1. The number of halogens is 1. The summed E-state index contributed by atoms with van der Waals surface area (Å²) in [6, 6.07) is 6.37. The fourth-order valence-electron chi connectivity index (χ4n) is 2.14. The van der Waals surface area contributed by atoms with Crippen LogP contribution in [0.15, 0.2) is 22.7 Å². The first-order valence-corrected chi connectivity index (χ1v) is 6.65. The molecule has 3 nitrogen and oxygen atoms in total. The Labute approximate surface area is 110 Å². The molecule has 1 aromatic rings. The van der Waals surface area contributed by atoms with Gasteiger partial charge in [-0.25, -0.2) is 0 Å². The Morgan fingerprint density at radius 3 is 3.12 bits per heavy atom. The van der Waals surface area contributed by atoms with Gasteiger partial charge in [0.15, 0.2) is 0 Å². The third-order valence-corrected chi connectivity index (χ3v) is 4.05. The molecule has 1 saturated heterocycles. The maximum Gasteiger partial charge on any atom is 0.138 e. The highest BCUT2D eigenvalue weighted by Gasteiger charge is 2.21. The molecule has 1 aliphatic rings. The van der Waals surface area contributed by atoms with E-state index in [-0.39, 0.29) is 6.04 Å². The van der Waals surface area contributed by atoms with Gasteiger partial charge in [-0.15, -0.1) is 0 Å². The van der Waals surface area contributed by atoms with Crippen molar-refractivity contribution in [1.29, 1.82) is 0 Å². The first-order valence-electron chi connectivity index (χ1n) is 5.86. The van der Waals surface area contributed by atoms with E-state index in [9.17, 15) is 4.79 Å². The summed E-state index contributed by atoms with van der Waals surface area (Å²) in [5.74, 6) is 0. The first kappa shape index (κ1) is 12.7. The minimum atomic E-state index is 0.00713. The number of hydrogen-bond donors (Lipinski definition) is 1. The van der Waals surface area contributed by atoms with E-state index in [0.29, 0.717) is 0 Å². The van der Waals surface area contributed by atoms with E-state index in [1.165, 1.54) is 11.1 Å². The number of piperazine rings is 1. The third kappa shape index (κ3) is 3.15. The Morgan fingerprint density at radius 2 is 2.41 bits per heavy atom. The number of benzene rings is 1. The molecule has 92 valence electrons. The van der Waals surface area contributed by atoms with E-state index in [1.54, 1.807) is 0 Å². The third-order valence-electron chi connectivity index (χ3n) is 3.16. The van der Waals surface area contributed by atoms with Crippen LogP contribution in [-0.4, -0.2) is 36.9 Å². The van der Waals surface area contributed by atoms with Crippen molar-refractivity contribution in [3.63, 3.8) is 0 Å². The number of carbonyl (C=O) groups excluding carboxylic acids is 1. The van der Waals surface area contributed by atoms with Crippen molar-refractivity contribution in [3.8, 4) is 0 Å². The summed E-state index contributed by atoms with van der Waals surface area (Å²) in [6.45, 7) is 5.58. The lowest BCUT2D eigenvalue weighted by Crippen LogP contribution is -2.51. The van der Waals surface area contributed by atoms with Crippen LogP contribution in [0, 0.1) is 6.92 Å². The van der Waals surface area contributed by atoms with Gasteiger partial charge in [0.05, 0.1) is 6.04 Å². The highest BCUT2D eigenvalue weighted by molar-refractivity contribution is 9.10. The molecule has 0 aromatic heterocycles. The van der Waals surface area contributed by atoms with E-state index < -0.39 is 0 Å². The van der Waals surface area contributed by atoms with Gasteiger partial charge in [0.1, 0.15) is 6.29 Å². The van der Waals surface area contributed by atoms with E-state index >= 15 is 0 Å². The lowest BCUT2D eigenvalue weighted by atomic mass is 10.1. The van der Waals surface area contributed by atoms with Crippen molar-refractivity contribution in [2.75, 3.05) is 19.6 Å². The predicted molar refractivity (Wildman–Crippen MR) is 72.0 cm³/mol. The molecule has 1 atom stereocenters. The molecule has 0 amide bonds. The molecule has 0 radical (unpaired) electrons. The maximum absolute atomic E-state index is 11.0. The lowest BCUT2D eigenvalue weighted by molar-refractivity contribution is -0.113. The van der Waals surface area contributed by atoms with Crippen LogP contribution in [0.5, 0.6) is 0 Å². The quantitative estimate of drug-likeness (QED) is 0.862. The molecule has 1 heterocycles. The van der Waals surface area contributed by atoms with Crippen LogP contribution in [0.2, 0.25) is 0 Å². The minimum Gasteiger partial charge on any atom is -0.313 e. The van der Waals surface area contributed by atoms with Crippen LogP contribution in [0.3, 0.4) is 0 Å². The average Bonchev–Trinajstić information content (AvgIpc) is 2.34. The maximum atomic E-state index is 11.0. The Kier molecular flexibility index (Phi) is 4.31. The largest absolute Gasteiger partial charge is 0.313 e. The summed E-state index contributed by atoms with van der Waals surface area (Å²) in [6.07, 6.45) is 1.04. The van der Waals surface area contributed by atoms with Crippen molar-refractivity contribution in [1.82, 2.24) is 10.2 Å². The van der Waals surface area contributed by atoms with Gasteiger partial charge in [0.2, 0.25) is 0 Å². The monoisotopic (exact) mass is 296 g/mol. The molecule has 0 bridgehead atoms. The number of hydrogen-bond acceptors (Lipinski definition) is 3. The molecule has 0 spiro atoms. The molecule has 2 rings (SSSR count). The van der Waals surface area contributed by atoms with Crippen LogP contribution >= 0.6 is 15.9 Å². The minimum absolute atomic E-state index is 0.00713. The smallest absolute Gasteiger partial charge is 0.138 e. The second-order valence-corrected chi connectivity index (χ2v) is 5.32. The van der Waals surface area contributed by atoms with Crippen molar-refractivity contribution >= 4 is 22.2 Å². The summed E-state index contributed by atoms with van der Waals surface area (Å²) in [5.41, 5.74) is 2.50. The predicted octanol–water partition coefficient (Wildman–Crippen LogP) is 1.73. The fraction of sp³-hybridized carbons (Fsp3) is 0.462. The molecule has 1 aliphatic heterocycles. The summed E-state index contributed by atoms with van der Waals surface area (Å²) < 4.78 is 1.13. The Hall–Kier alpha value is -0.710. The van der Waals surface area contributed by atoms with Crippen LogP contribution in [0.25, 0.3) is 0 Å². The van der Waals surface area contributed by atoms with Crippen molar-refractivity contribution in [3.05, 3.63) is 33.8 Å². The molecule has 4 heteroatoms. The Bertz CT molecular complexity index is 408. The van der Waals surface area contributed by atoms with Gasteiger partial charge in [-0.3, -0.25) is 4.90 Å². The molecule has 0 saturated carbocycles. The zero-order valence-corrected chi connectivity index (χ0v) is 11.5. The molecule has 1 aromatic carbocycles. The van der Waals surface area contributed by atoms with Gasteiger partial charge in [-0.2, -0.15) is 0 Å². The van der Waals surface area contributed by atoms with Crippen LogP contribution in [0.1, 0.15) is 11.1 Å². The number of aryl methyl sites for hydroxylation is 1. The standard InChI is InChI=1S/C13H17BrN2O/c1-10-6-11(2-3-13(10)14)8-16-5-4-15-7-12(16)9-17/h2-3,6,9,12,15H,4-5,7-8H2,1H3. The van der Waals surface area contributed by atoms with Crippen molar-refractivity contribution in [2.45, 2.75) is 19.5 Å². The second kappa shape index (κ2) is 5.76. The molecular formula is C13H17BrN2O. The Balaban J connectivity index is 2.08. The van der Waals surface area contributed by atoms with Crippen LogP contribution in [0.4, 0.5) is 0 Å². The molecule has 17 heavy (non-hydrogen) atoms. The average molecular weight is 297 g/mol. The molecule has 1 N–H and O–H groups in total. The summed E-state index contributed by atoms with van der Waals surface area (Å²) in [7, 11) is 0. The van der Waals surface area contributed by atoms with Crippen molar-refractivity contribution < 1.29 is 4.79 Å². The topological polar surface area (TPSA) is 32.3 Å². The van der Waals surface area contributed by atoms with Gasteiger partial charge >= 0.3 is 0 Å². The molecule has 1 fully saturated rings. The SMILES string of the molecule is Cc1cc(CN2CCNCC2C=O)ccc1Br. The number of aldehydes is 1. The summed E-state index contributed by atoms with van der Waals surface area (Å²) in [4.78, 5) is 13.2. The highest BCUT2D eigenvalue weighted by Crippen LogP contribution is 2.18. The summed E-state index contributed by atoms with van der Waals surface area (Å²) in [5, 5.41) is 3.24. The zero-order chi connectivity index (χ0) is 12.3. The zero-order valence-electron chi connectivity index (χ0n) is 9.95. The second-order valence-electron chi connectivity index (χ2n) is 4.46. The summed E-state index contributed by atoms with van der Waals surface area (Å²) >= 11 is 3.50. The number of nitrogens with one attached hydrogen (secondary N) is 1. The highest BCUT2D eigenvalue weighted by atomic mass is 79.9. The molecule has 1 unspecified atom stereocenters. The lowest BCUT2D eigenvalue weighted by Gasteiger charge is -2.32. The van der Waals surface area contributed by atoms with Crippen LogP contribution in [-0.2, 0) is 11.3 Å². The fourth-order valence-corrected chi connectivity index (χ4v) is 2.38. The van der Waals surface area contributed by atoms with Gasteiger partial charge in [0.25, 0.3) is 0 Å². The number of carbonyl (C=O) groups is 1. The van der Waals surface area contributed by atoms with Gasteiger partial charge in [-0.1, -0.05) is 28.1 Å². The van der Waals surface area contributed by atoms with E-state index in [0.717, 1.165) is 36.9 Å². The first-order chi connectivity index (χ1) is 8.20. The van der Waals surface area contributed by atoms with Gasteiger partial charge in [0, 0.05) is 30.7 Å². The Morgan fingerprint density at radius 1 is 1.59 bits per heavy atom. The molecule has 0 aliphatic carbocycles. The number of rotatable bonds is 3. The van der Waals surface area contributed by atoms with Gasteiger partial charge in [-0.05, 0) is 24.1 Å². The van der Waals surface area contributed by atoms with Gasteiger partial charge < -0.3 is 10.1 Å². The normalized spacial score (nSPS) is 21.4. The molecular weight excluding hydrogens is 280 g/mol. The van der Waals surface area contributed by atoms with E-state index in [1.807, 2.05) is 0 Å². The van der Waals surface area contributed by atoms with Crippen molar-refractivity contribution in [2.24, 2.45) is 0 Å². The van der Waals surface area contributed by atoms with E-state index in [2.05, 4.69) is 51.3 Å². The van der Waals surface area contributed by atoms with E-state index in [4.69, 9.17) is 0 Å². The van der Waals surface area contributed by atoms with Crippen LogP contribution < -0.4 is 5.32 Å².